The first-order valence-corrected chi connectivity index (χ1v) is 4.60. The van der Waals surface area contributed by atoms with Gasteiger partial charge in [0.2, 0.25) is 0 Å². The SMILES string of the molecule is C#CCCCN1CCOC(C)C1. The summed E-state index contributed by atoms with van der Waals surface area (Å²) >= 11 is 0. The normalized spacial score (nSPS) is 25.2. The van der Waals surface area contributed by atoms with Crippen molar-refractivity contribution in [1.82, 2.24) is 4.90 Å². The quantitative estimate of drug-likeness (QED) is 0.461. The standard InChI is InChI=1S/C10H17NO/c1-3-4-5-6-11-7-8-12-10(2)9-11/h1,10H,4-9H2,2H3. The number of unbranched alkanes of at least 4 members (excludes halogenated alkanes) is 1. The van der Waals surface area contributed by atoms with Crippen LogP contribution >= 0.6 is 0 Å². The Bertz CT molecular complexity index is 162. The van der Waals surface area contributed by atoms with Crippen LogP contribution in [-0.4, -0.2) is 37.2 Å². The highest BCUT2D eigenvalue weighted by Crippen LogP contribution is 2.05. The van der Waals surface area contributed by atoms with Crippen molar-refractivity contribution in [2.45, 2.75) is 25.9 Å². The second-order valence-electron chi connectivity index (χ2n) is 3.29. The molecule has 1 aliphatic rings. The topological polar surface area (TPSA) is 12.5 Å². The molecule has 0 N–H and O–H groups in total. The molecule has 1 fully saturated rings. The zero-order chi connectivity index (χ0) is 8.81. The second kappa shape index (κ2) is 5.18. The van der Waals surface area contributed by atoms with E-state index in [0.29, 0.717) is 6.10 Å². The van der Waals surface area contributed by atoms with Crippen LogP contribution in [0.3, 0.4) is 0 Å². The van der Waals surface area contributed by atoms with Gasteiger partial charge in [0.15, 0.2) is 0 Å². The first-order valence-electron chi connectivity index (χ1n) is 4.60. The molecule has 0 aliphatic carbocycles. The fourth-order valence-electron chi connectivity index (χ4n) is 1.50. The van der Waals surface area contributed by atoms with Crippen LogP contribution in [-0.2, 0) is 4.74 Å². The van der Waals surface area contributed by atoms with Crippen molar-refractivity contribution >= 4 is 0 Å². The summed E-state index contributed by atoms with van der Waals surface area (Å²) in [5.74, 6) is 2.66. The Balaban J connectivity index is 2.11. The monoisotopic (exact) mass is 167 g/mol. The number of ether oxygens (including phenoxy) is 1. The van der Waals surface area contributed by atoms with Crippen molar-refractivity contribution in [2.75, 3.05) is 26.2 Å². The van der Waals surface area contributed by atoms with Gasteiger partial charge in [0, 0.05) is 19.5 Å². The minimum absolute atomic E-state index is 0.393. The number of hydrogen-bond donors (Lipinski definition) is 0. The first kappa shape index (κ1) is 9.57. The summed E-state index contributed by atoms with van der Waals surface area (Å²) in [6, 6.07) is 0. The van der Waals surface area contributed by atoms with Gasteiger partial charge in [-0.25, -0.2) is 0 Å². The van der Waals surface area contributed by atoms with Crippen LogP contribution < -0.4 is 0 Å². The lowest BCUT2D eigenvalue weighted by Crippen LogP contribution is -2.41. The van der Waals surface area contributed by atoms with Crippen LogP contribution in [0.4, 0.5) is 0 Å². The average molecular weight is 167 g/mol. The lowest BCUT2D eigenvalue weighted by atomic mass is 10.2. The Labute approximate surface area is 74.9 Å². The Hall–Kier alpha value is -0.520. The van der Waals surface area contributed by atoms with Gasteiger partial charge in [0.25, 0.3) is 0 Å². The van der Waals surface area contributed by atoms with E-state index in [1.165, 1.54) is 0 Å². The zero-order valence-electron chi connectivity index (χ0n) is 7.75. The lowest BCUT2D eigenvalue weighted by molar-refractivity contribution is -0.0183. The third-order valence-corrected chi connectivity index (χ3v) is 2.12. The maximum atomic E-state index is 5.43. The van der Waals surface area contributed by atoms with E-state index in [4.69, 9.17) is 11.2 Å². The van der Waals surface area contributed by atoms with Gasteiger partial charge < -0.3 is 4.74 Å². The summed E-state index contributed by atoms with van der Waals surface area (Å²) in [7, 11) is 0. The van der Waals surface area contributed by atoms with Gasteiger partial charge in [-0.1, -0.05) is 0 Å². The molecular weight excluding hydrogens is 150 g/mol. The van der Waals surface area contributed by atoms with Crippen LogP contribution in [0.25, 0.3) is 0 Å². The summed E-state index contributed by atoms with van der Waals surface area (Å²) in [6.07, 6.45) is 7.58. The van der Waals surface area contributed by atoms with E-state index >= 15 is 0 Å². The average Bonchev–Trinajstić information content (AvgIpc) is 2.05. The molecule has 0 aromatic heterocycles. The zero-order valence-corrected chi connectivity index (χ0v) is 7.75. The smallest absolute Gasteiger partial charge is 0.0674 e. The molecule has 1 unspecified atom stereocenters. The van der Waals surface area contributed by atoms with E-state index < -0.39 is 0 Å². The minimum atomic E-state index is 0.393. The van der Waals surface area contributed by atoms with Gasteiger partial charge in [0.1, 0.15) is 0 Å². The fourth-order valence-corrected chi connectivity index (χ4v) is 1.50. The molecule has 0 bridgehead atoms. The molecule has 0 aromatic rings. The molecule has 2 heteroatoms. The Morgan fingerprint density at radius 1 is 1.67 bits per heavy atom. The van der Waals surface area contributed by atoms with Gasteiger partial charge in [-0.05, 0) is 19.9 Å². The van der Waals surface area contributed by atoms with Crippen molar-refractivity contribution in [3.63, 3.8) is 0 Å². The summed E-state index contributed by atoms with van der Waals surface area (Å²) in [6.45, 7) is 6.24. The van der Waals surface area contributed by atoms with Crippen LogP contribution in [0.1, 0.15) is 19.8 Å². The number of nitrogens with zero attached hydrogens (tertiary/aromatic N) is 1. The van der Waals surface area contributed by atoms with E-state index in [2.05, 4.69) is 17.7 Å². The molecule has 1 rings (SSSR count). The van der Waals surface area contributed by atoms with Crippen molar-refractivity contribution in [2.24, 2.45) is 0 Å². The summed E-state index contributed by atoms with van der Waals surface area (Å²) in [5, 5.41) is 0. The first-order chi connectivity index (χ1) is 5.83. The second-order valence-corrected chi connectivity index (χ2v) is 3.29. The van der Waals surface area contributed by atoms with Crippen molar-refractivity contribution in [3.8, 4) is 12.3 Å². The van der Waals surface area contributed by atoms with Gasteiger partial charge in [-0.2, -0.15) is 0 Å². The molecule has 0 amide bonds. The van der Waals surface area contributed by atoms with Gasteiger partial charge in [-0.15, -0.1) is 12.3 Å². The van der Waals surface area contributed by atoms with Crippen molar-refractivity contribution in [1.29, 1.82) is 0 Å². The molecule has 0 spiro atoms. The molecule has 12 heavy (non-hydrogen) atoms. The summed E-state index contributed by atoms with van der Waals surface area (Å²) < 4.78 is 5.43. The third kappa shape index (κ3) is 3.25. The maximum Gasteiger partial charge on any atom is 0.0674 e. The lowest BCUT2D eigenvalue weighted by Gasteiger charge is -2.30. The van der Waals surface area contributed by atoms with E-state index in [-0.39, 0.29) is 0 Å². The Morgan fingerprint density at radius 3 is 3.17 bits per heavy atom. The molecule has 0 radical (unpaired) electrons. The predicted octanol–water partition coefficient (Wildman–Crippen LogP) is 1.12. The summed E-state index contributed by atoms with van der Waals surface area (Å²) in [5.41, 5.74) is 0. The molecular formula is C10H17NO. The van der Waals surface area contributed by atoms with Gasteiger partial charge >= 0.3 is 0 Å². The van der Waals surface area contributed by atoms with E-state index in [1.807, 2.05) is 0 Å². The highest BCUT2D eigenvalue weighted by Gasteiger charge is 2.15. The van der Waals surface area contributed by atoms with Gasteiger partial charge in [0.05, 0.1) is 12.7 Å². The largest absolute Gasteiger partial charge is 0.376 e. The number of terminal acetylenes is 1. The molecule has 1 saturated heterocycles. The van der Waals surface area contributed by atoms with Gasteiger partial charge in [-0.3, -0.25) is 4.90 Å². The van der Waals surface area contributed by atoms with Crippen LogP contribution in [0.15, 0.2) is 0 Å². The number of hydrogen-bond acceptors (Lipinski definition) is 2. The van der Waals surface area contributed by atoms with Crippen LogP contribution in [0.2, 0.25) is 0 Å². The fraction of sp³-hybridized carbons (Fsp3) is 0.800. The molecule has 1 atom stereocenters. The number of morpholine rings is 1. The van der Waals surface area contributed by atoms with Crippen molar-refractivity contribution in [3.05, 3.63) is 0 Å². The van der Waals surface area contributed by atoms with E-state index in [0.717, 1.165) is 39.1 Å². The highest BCUT2D eigenvalue weighted by molar-refractivity contribution is 4.83. The van der Waals surface area contributed by atoms with E-state index in [9.17, 15) is 0 Å². The third-order valence-electron chi connectivity index (χ3n) is 2.12. The predicted molar refractivity (Wildman–Crippen MR) is 49.9 cm³/mol. The Morgan fingerprint density at radius 2 is 2.50 bits per heavy atom. The van der Waals surface area contributed by atoms with Crippen molar-refractivity contribution < 1.29 is 4.74 Å². The molecule has 1 aliphatic heterocycles. The molecule has 0 saturated carbocycles. The molecule has 1 heterocycles. The minimum Gasteiger partial charge on any atom is -0.376 e. The maximum absolute atomic E-state index is 5.43. The summed E-state index contributed by atoms with van der Waals surface area (Å²) in [4.78, 5) is 2.42. The molecule has 2 nitrogen and oxygen atoms in total. The Kier molecular flexibility index (Phi) is 4.13. The van der Waals surface area contributed by atoms with E-state index in [1.54, 1.807) is 0 Å². The number of rotatable bonds is 3. The van der Waals surface area contributed by atoms with Crippen LogP contribution in [0, 0.1) is 12.3 Å². The van der Waals surface area contributed by atoms with Crippen LogP contribution in [0.5, 0.6) is 0 Å². The molecule has 0 aromatic carbocycles. The highest BCUT2D eigenvalue weighted by atomic mass is 16.5. The molecule has 68 valence electrons.